The van der Waals surface area contributed by atoms with Gasteiger partial charge in [-0.15, -0.1) is 0 Å². The fourth-order valence-electron chi connectivity index (χ4n) is 3.55. The average molecular weight is 422 g/mol. The lowest BCUT2D eigenvalue weighted by Gasteiger charge is -2.15. The molecule has 0 unspecified atom stereocenters. The van der Waals surface area contributed by atoms with E-state index >= 15 is 0 Å². The summed E-state index contributed by atoms with van der Waals surface area (Å²) in [7, 11) is -3.57. The topological polar surface area (TPSA) is 78.8 Å². The van der Waals surface area contributed by atoms with Crippen LogP contribution in [0.1, 0.15) is 35.7 Å². The molecule has 1 saturated heterocycles. The summed E-state index contributed by atoms with van der Waals surface area (Å²) < 4.78 is 26.9. The molecule has 1 aliphatic rings. The second kappa shape index (κ2) is 8.38. The molecule has 154 valence electrons. The summed E-state index contributed by atoms with van der Waals surface area (Å²) in [6, 6.07) is 20.1. The summed E-state index contributed by atoms with van der Waals surface area (Å²) >= 11 is 0. The number of sulfonamides is 1. The van der Waals surface area contributed by atoms with Crippen molar-refractivity contribution in [2.75, 3.05) is 13.1 Å². The van der Waals surface area contributed by atoms with Gasteiger partial charge in [0.15, 0.2) is 0 Å². The third-order valence-corrected chi connectivity index (χ3v) is 7.19. The molecule has 0 aliphatic carbocycles. The molecule has 1 amide bonds. The Morgan fingerprint density at radius 3 is 2.40 bits per heavy atom. The number of hydrazone groups is 1. The quantitative estimate of drug-likeness (QED) is 0.503. The highest BCUT2D eigenvalue weighted by molar-refractivity contribution is 7.89. The van der Waals surface area contributed by atoms with Crippen LogP contribution in [0.15, 0.2) is 76.7 Å². The number of fused-ring (bicyclic) bond motifs is 1. The van der Waals surface area contributed by atoms with Gasteiger partial charge in [-0.05, 0) is 60.4 Å². The van der Waals surface area contributed by atoms with E-state index in [1.54, 1.807) is 12.1 Å². The van der Waals surface area contributed by atoms with Crippen LogP contribution in [-0.4, -0.2) is 37.4 Å². The van der Waals surface area contributed by atoms with Crippen molar-refractivity contribution in [3.05, 3.63) is 77.9 Å². The highest BCUT2D eigenvalue weighted by atomic mass is 32.2. The number of amides is 1. The predicted molar refractivity (Wildman–Crippen MR) is 118 cm³/mol. The maximum absolute atomic E-state index is 12.7. The van der Waals surface area contributed by atoms with Crippen LogP contribution >= 0.6 is 0 Å². The van der Waals surface area contributed by atoms with Crippen LogP contribution in [0.5, 0.6) is 0 Å². The largest absolute Gasteiger partial charge is 0.271 e. The summed E-state index contributed by atoms with van der Waals surface area (Å²) in [5.41, 5.74) is 4.35. The molecule has 0 spiro atoms. The van der Waals surface area contributed by atoms with Gasteiger partial charge in [0.05, 0.1) is 10.6 Å². The number of rotatable bonds is 5. The predicted octanol–water partition coefficient (Wildman–Crippen LogP) is 3.78. The number of carbonyl (C=O) groups excluding carboxylic acids is 1. The fraction of sp³-hybridized carbons (Fsp3) is 0.217. The summed E-state index contributed by atoms with van der Waals surface area (Å²) in [5, 5.41) is 6.43. The van der Waals surface area contributed by atoms with Gasteiger partial charge in [-0.25, -0.2) is 13.8 Å². The van der Waals surface area contributed by atoms with Crippen molar-refractivity contribution >= 4 is 32.4 Å². The summed E-state index contributed by atoms with van der Waals surface area (Å²) in [5.74, 6) is -0.450. The number of hydrogen-bond donors (Lipinski definition) is 1. The second-order valence-corrected chi connectivity index (χ2v) is 9.28. The van der Waals surface area contributed by atoms with Gasteiger partial charge in [0.25, 0.3) is 5.91 Å². The molecule has 0 aromatic heterocycles. The molecule has 0 saturated carbocycles. The lowest BCUT2D eigenvalue weighted by Crippen LogP contribution is -2.28. The Morgan fingerprint density at radius 1 is 0.900 bits per heavy atom. The van der Waals surface area contributed by atoms with Gasteiger partial charge in [-0.3, -0.25) is 4.79 Å². The molecule has 1 aliphatic heterocycles. The Morgan fingerprint density at radius 2 is 1.63 bits per heavy atom. The molecule has 6 nitrogen and oxygen atoms in total. The van der Waals surface area contributed by atoms with Gasteiger partial charge < -0.3 is 0 Å². The Kier molecular flexibility index (Phi) is 5.65. The van der Waals surface area contributed by atoms with E-state index in [2.05, 4.69) is 10.5 Å². The van der Waals surface area contributed by atoms with Crippen LogP contribution < -0.4 is 5.43 Å². The van der Waals surface area contributed by atoms with Crippen LogP contribution in [-0.2, 0) is 10.0 Å². The maximum Gasteiger partial charge on any atom is 0.271 e. The summed E-state index contributed by atoms with van der Waals surface area (Å²) in [6.07, 6.45) is 1.73. The van der Waals surface area contributed by atoms with Gasteiger partial charge >= 0.3 is 0 Å². The zero-order valence-electron chi connectivity index (χ0n) is 16.7. The first-order valence-corrected chi connectivity index (χ1v) is 11.3. The van der Waals surface area contributed by atoms with E-state index in [9.17, 15) is 13.2 Å². The minimum atomic E-state index is -3.57. The highest BCUT2D eigenvalue weighted by Crippen LogP contribution is 2.21. The highest BCUT2D eigenvalue weighted by Gasteiger charge is 2.27. The van der Waals surface area contributed by atoms with E-state index in [1.807, 2.05) is 49.4 Å². The van der Waals surface area contributed by atoms with Crippen molar-refractivity contribution in [2.24, 2.45) is 5.10 Å². The van der Waals surface area contributed by atoms with E-state index in [0.717, 1.165) is 29.2 Å². The molecular weight excluding hydrogens is 398 g/mol. The van der Waals surface area contributed by atoms with Crippen molar-refractivity contribution in [1.29, 1.82) is 0 Å². The van der Waals surface area contributed by atoms with Gasteiger partial charge in [-0.2, -0.15) is 9.41 Å². The van der Waals surface area contributed by atoms with Crippen LogP contribution in [0.3, 0.4) is 0 Å². The first kappa shape index (κ1) is 20.3. The molecule has 30 heavy (non-hydrogen) atoms. The first-order valence-electron chi connectivity index (χ1n) is 9.89. The standard InChI is InChI=1S/C23H23N3O3S/c1-17(19-12-11-18-7-2-3-8-20(18)15-19)24-25-23(27)21-9-6-10-22(16-21)30(28,29)26-13-4-5-14-26/h2-3,6-12,15-16H,4-5,13-14H2,1H3,(H,25,27)/b24-17+. The number of carbonyl (C=O) groups is 1. The molecule has 0 radical (unpaired) electrons. The van der Waals surface area contributed by atoms with Gasteiger partial charge in [0, 0.05) is 18.7 Å². The van der Waals surface area contributed by atoms with E-state index in [0.29, 0.717) is 18.8 Å². The van der Waals surface area contributed by atoms with E-state index in [-0.39, 0.29) is 10.5 Å². The lowest BCUT2D eigenvalue weighted by atomic mass is 10.0. The van der Waals surface area contributed by atoms with Gasteiger partial charge in [-0.1, -0.05) is 42.5 Å². The van der Waals surface area contributed by atoms with Gasteiger partial charge in [0.1, 0.15) is 0 Å². The van der Waals surface area contributed by atoms with Crippen LogP contribution in [0, 0.1) is 0 Å². The molecule has 0 bridgehead atoms. The van der Waals surface area contributed by atoms with Crippen molar-refractivity contribution in [2.45, 2.75) is 24.7 Å². The van der Waals surface area contributed by atoms with E-state index in [4.69, 9.17) is 0 Å². The average Bonchev–Trinajstić information content (AvgIpc) is 3.33. The van der Waals surface area contributed by atoms with Crippen molar-refractivity contribution in [3.8, 4) is 0 Å². The molecule has 3 aromatic carbocycles. The fourth-order valence-corrected chi connectivity index (χ4v) is 5.12. The number of nitrogens with one attached hydrogen (secondary N) is 1. The third-order valence-electron chi connectivity index (χ3n) is 5.29. The molecule has 4 rings (SSSR count). The van der Waals surface area contributed by atoms with E-state index in [1.165, 1.54) is 16.4 Å². The smallest absolute Gasteiger partial charge is 0.267 e. The summed E-state index contributed by atoms with van der Waals surface area (Å²) in [4.78, 5) is 12.7. The number of benzene rings is 3. The molecule has 1 N–H and O–H groups in total. The number of nitrogens with zero attached hydrogens (tertiary/aromatic N) is 2. The third kappa shape index (κ3) is 4.13. The Bertz CT molecular complexity index is 1230. The number of hydrogen-bond acceptors (Lipinski definition) is 4. The van der Waals surface area contributed by atoms with Crippen molar-refractivity contribution in [1.82, 2.24) is 9.73 Å². The molecule has 1 heterocycles. The van der Waals surface area contributed by atoms with Crippen LogP contribution in [0.4, 0.5) is 0 Å². The second-order valence-electron chi connectivity index (χ2n) is 7.34. The van der Waals surface area contributed by atoms with Crippen LogP contribution in [0.2, 0.25) is 0 Å². The Hall–Kier alpha value is -3.03. The zero-order valence-corrected chi connectivity index (χ0v) is 17.5. The van der Waals surface area contributed by atoms with Crippen molar-refractivity contribution in [3.63, 3.8) is 0 Å². The van der Waals surface area contributed by atoms with Crippen LogP contribution in [0.25, 0.3) is 10.8 Å². The molecule has 0 atom stereocenters. The lowest BCUT2D eigenvalue weighted by molar-refractivity contribution is 0.0954. The van der Waals surface area contributed by atoms with Crippen molar-refractivity contribution < 1.29 is 13.2 Å². The SMILES string of the molecule is C/C(=N\NC(=O)c1cccc(S(=O)(=O)N2CCCC2)c1)c1ccc2ccccc2c1. The van der Waals surface area contributed by atoms with E-state index < -0.39 is 15.9 Å². The Labute approximate surface area is 176 Å². The molecule has 1 fully saturated rings. The normalized spacial score (nSPS) is 15.4. The monoisotopic (exact) mass is 421 g/mol. The minimum absolute atomic E-state index is 0.132. The molecule has 7 heteroatoms. The maximum atomic E-state index is 12.7. The molecule has 3 aromatic rings. The van der Waals surface area contributed by atoms with Gasteiger partial charge in [0.2, 0.25) is 10.0 Å². The minimum Gasteiger partial charge on any atom is -0.267 e. The summed E-state index contributed by atoms with van der Waals surface area (Å²) in [6.45, 7) is 2.86. The Balaban J connectivity index is 1.52. The zero-order chi connectivity index (χ0) is 21.1. The molecular formula is C23H23N3O3S. The first-order chi connectivity index (χ1) is 14.4.